The van der Waals surface area contributed by atoms with E-state index in [0.29, 0.717) is 0 Å². The van der Waals surface area contributed by atoms with Gasteiger partial charge in [0.05, 0.1) is 6.54 Å². The molecule has 7 heteroatoms. The van der Waals surface area contributed by atoms with Crippen LogP contribution < -0.4 is 10.6 Å². The summed E-state index contributed by atoms with van der Waals surface area (Å²) in [6, 6.07) is 8.22. The van der Waals surface area contributed by atoms with Crippen LogP contribution in [0.25, 0.3) is 0 Å². The highest BCUT2D eigenvalue weighted by Gasteiger charge is 2.44. The fraction of sp³-hybridized carbons (Fsp3) is 0.591. The number of fused-ring (bicyclic) bond motifs is 1. The summed E-state index contributed by atoms with van der Waals surface area (Å²) in [5, 5.41) is 16.5. The van der Waals surface area contributed by atoms with Gasteiger partial charge in [-0.15, -0.1) is 10.2 Å². The predicted octanol–water partition coefficient (Wildman–Crippen LogP) is 3.49. The van der Waals surface area contributed by atoms with Gasteiger partial charge in [0.1, 0.15) is 11.6 Å². The lowest BCUT2D eigenvalue weighted by atomic mass is 9.96. The smallest absolute Gasteiger partial charge is 0.191 e. The lowest BCUT2D eigenvalue weighted by Crippen LogP contribution is -2.39. The Kier molecular flexibility index (Phi) is 6.38. The molecule has 156 valence electrons. The molecule has 0 radical (unpaired) electrons. The van der Waals surface area contributed by atoms with Gasteiger partial charge in [0.2, 0.25) is 0 Å². The number of nitrogens with one attached hydrogen (secondary N) is 2. The van der Waals surface area contributed by atoms with Gasteiger partial charge in [-0.1, -0.05) is 30.2 Å². The highest BCUT2D eigenvalue weighted by molar-refractivity contribution is 6.30. The first-order valence-corrected chi connectivity index (χ1v) is 11.3. The van der Waals surface area contributed by atoms with Crippen LogP contribution in [0.15, 0.2) is 29.3 Å². The normalized spacial score (nSPS) is 18.1. The van der Waals surface area contributed by atoms with Crippen molar-refractivity contribution in [2.45, 2.75) is 63.8 Å². The SMILES string of the molecule is CCNC(=NCC1(c2cccc(Cl)c2)CC1)NCCc1nnc2n1CCCCC2. The molecule has 0 unspecified atom stereocenters. The van der Waals surface area contributed by atoms with Crippen molar-refractivity contribution in [3.05, 3.63) is 46.5 Å². The monoisotopic (exact) mass is 414 g/mol. The van der Waals surface area contributed by atoms with Crippen LogP contribution in [-0.4, -0.2) is 40.4 Å². The average molecular weight is 415 g/mol. The third-order valence-corrected chi connectivity index (χ3v) is 6.24. The topological polar surface area (TPSA) is 67.1 Å². The van der Waals surface area contributed by atoms with Crippen LogP contribution in [0.3, 0.4) is 0 Å². The van der Waals surface area contributed by atoms with Gasteiger partial charge in [-0.2, -0.15) is 0 Å². The van der Waals surface area contributed by atoms with Crippen LogP contribution in [0.2, 0.25) is 5.02 Å². The highest BCUT2D eigenvalue weighted by atomic mass is 35.5. The molecule has 0 spiro atoms. The molecule has 1 aliphatic carbocycles. The van der Waals surface area contributed by atoms with Crippen molar-refractivity contribution in [2.75, 3.05) is 19.6 Å². The predicted molar refractivity (Wildman–Crippen MR) is 118 cm³/mol. The largest absolute Gasteiger partial charge is 0.357 e. The molecule has 0 saturated heterocycles. The lowest BCUT2D eigenvalue weighted by molar-refractivity contribution is 0.600. The van der Waals surface area contributed by atoms with Crippen molar-refractivity contribution in [1.29, 1.82) is 0 Å². The van der Waals surface area contributed by atoms with Crippen LogP contribution in [0, 0.1) is 0 Å². The second-order valence-corrected chi connectivity index (χ2v) is 8.59. The number of benzene rings is 1. The van der Waals surface area contributed by atoms with Crippen molar-refractivity contribution in [3.63, 3.8) is 0 Å². The van der Waals surface area contributed by atoms with E-state index in [4.69, 9.17) is 16.6 Å². The van der Waals surface area contributed by atoms with Crippen LogP contribution in [-0.2, 0) is 24.8 Å². The number of nitrogens with zero attached hydrogens (tertiary/aromatic N) is 4. The molecular weight excluding hydrogens is 384 g/mol. The third kappa shape index (κ3) is 4.92. The van der Waals surface area contributed by atoms with Gasteiger partial charge in [0.15, 0.2) is 5.96 Å². The Balaban J connectivity index is 1.35. The first-order chi connectivity index (χ1) is 14.2. The molecule has 0 atom stereocenters. The van der Waals surface area contributed by atoms with Gasteiger partial charge in [0, 0.05) is 42.9 Å². The molecule has 1 aromatic heterocycles. The van der Waals surface area contributed by atoms with E-state index in [2.05, 4.69) is 44.5 Å². The summed E-state index contributed by atoms with van der Waals surface area (Å²) in [6.45, 7) is 5.57. The summed E-state index contributed by atoms with van der Waals surface area (Å²) in [5.74, 6) is 3.11. The van der Waals surface area contributed by atoms with E-state index in [0.717, 1.165) is 61.7 Å². The number of aromatic nitrogens is 3. The van der Waals surface area contributed by atoms with E-state index in [1.54, 1.807) is 0 Å². The minimum absolute atomic E-state index is 0.150. The standard InChI is InChI=1S/C22H31ClN6/c1-2-24-21(26-16-22(11-12-22)17-7-6-8-18(23)15-17)25-13-10-20-28-27-19-9-4-3-5-14-29(19)20/h6-8,15H,2-5,9-14,16H2,1H3,(H2,24,25,26). The van der Waals surface area contributed by atoms with Crippen LogP contribution >= 0.6 is 11.6 Å². The Morgan fingerprint density at radius 2 is 2.10 bits per heavy atom. The van der Waals surface area contributed by atoms with Crippen molar-refractivity contribution >= 4 is 17.6 Å². The maximum atomic E-state index is 6.20. The van der Waals surface area contributed by atoms with E-state index < -0.39 is 0 Å². The minimum Gasteiger partial charge on any atom is -0.357 e. The molecule has 1 aromatic carbocycles. The molecule has 29 heavy (non-hydrogen) atoms. The van der Waals surface area contributed by atoms with E-state index in [1.807, 2.05) is 12.1 Å². The summed E-state index contributed by atoms with van der Waals surface area (Å²) in [6.07, 6.45) is 7.98. The minimum atomic E-state index is 0.150. The van der Waals surface area contributed by atoms with Crippen LogP contribution in [0.1, 0.15) is 56.2 Å². The van der Waals surface area contributed by atoms with Gasteiger partial charge < -0.3 is 15.2 Å². The zero-order valence-corrected chi connectivity index (χ0v) is 18.0. The number of hydrogen-bond donors (Lipinski definition) is 2. The van der Waals surface area contributed by atoms with Crippen LogP contribution in [0.4, 0.5) is 0 Å². The first-order valence-electron chi connectivity index (χ1n) is 10.9. The number of hydrogen-bond acceptors (Lipinski definition) is 3. The number of aliphatic imine (C=N–C) groups is 1. The maximum absolute atomic E-state index is 6.20. The molecule has 2 heterocycles. The van der Waals surface area contributed by atoms with Crippen molar-refractivity contribution in [1.82, 2.24) is 25.4 Å². The molecule has 1 aliphatic heterocycles. The van der Waals surface area contributed by atoms with Crippen molar-refractivity contribution in [3.8, 4) is 0 Å². The molecule has 2 N–H and O–H groups in total. The Morgan fingerprint density at radius 1 is 1.21 bits per heavy atom. The average Bonchev–Trinajstić information content (AvgIpc) is 3.48. The summed E-state index contributed by atoms with van der Waals surface area (Å²) in [7, 11) is 0. The Labute approximate surface area is 178 Å². The van der Waals surface area contributed by atoms with E-state index in [1.165, 1.54) is 37.7 Å². The summed E-state index contributed by atoms with van der Waals surface area (Å²) < 4.78 is 2.32. The molecule has 6 nitrogen and oxygen atoms in total. The maximum Gasteiger partial charge on any atom is 0.191 e. The van der Waals surface area contributed by atoms with Gasteiger partial charge in [-0.25, -0.2) is 0 Å². The molecule has 4 rings (SSSR count). The number of halogens is 1. The molecule has 0 bridgehead atoms. The van der Waals surface area contributed by atoms with Gasteiger partial charge in [-0.05, 0) is 50.3 Å². The fourth-order valence-electron chi connectivity index (χ4n) is 4.10. The van der Waals surface area contributed by atoms with Crippen LogP contribution in [0.5, 0.6) is 0 Å². The van der Waals surface area contributed by atoms with Gasteiger partial charge >= 0.3 is 0 Å². The fourth-order valence-corrected chi connectivity index (χ4v) is 4.29. The van der Waals surface area contributed by atoms with E-state index in [-0.39, 0.29) is 5.41 Å². The Bertz CT molecular complexity index is 855. The van der Waals surface area contributed by atoms with E-state index >= 15 is 0 Å². The molecular formula is C22H31ClN6. The van der Waals surface area contributed by atoms with Gasteiger partial charge in [0.25, 0.3) is 0 Å². The molecule has 2 aromatic rings. The Morgan fingerprint density at radius 3 is 2.90 bits per heavy atom. The van der Waals surface area contributed by atoms with E-state index in [9.17, 15) is 0 Å². The summed E-state index contributed by atoms with van der Waals surface area (Å²) in [4.78, 5) is 4.88. The zero-order valence-electron chi connectivity index (χ0n) is 17.3. The lowest BCUT2D eigenvalue weighted by Gasteiger charge is -2.16. The summed E-state index contributed by atoms with van der Waals surface area (Å²) >= 11 is 6.20. The van der Waals surface area contributed by atoms with Gasteiger partial charge in [-0.3, -0.25) is 4.99 Å². The molecule has 1 fully saturated rings. The number of aryl methyl sites for hydroxylation is 1. The Hall–Kier alpha value is -2.08. The third-order valence-electron chi connectivity index (χ3n) is 6.00. The first kappa shape index (κ1) is 20.2. The molecule has 1 saturated carbocycles. The van der Waals surface area contributed by atoms with Crippen molar-refractivity contribution in [2.24, 2.45) is 4.99 Å². The quantitative estimate of drug-likeness (QED) is 0.537. The summed E-state index contributed by atoms with van der Waals surface area (Å²) in [5.41, 5.74) is 1.45. The molecule has 0 amide bonds. The highest BCUT2D eigenvalue weighted by Crippen LogP contribution is 2.48. The number of guanidine groups is 1. The zero-order chi connectivity index (χ0) is 20.1. The number of rotatable bonds is 7. The molecule has 2 aliphatic rings. The van der Waals surface area contributed by atoms with Crippen molar-refractivity contribution < 1.29 is 0 Å². The second kappa shape index (κ2) is 9.16. The second-order valence-electron chi connectivity index (χ2n) is 8.16.